The van der Waals surface area contributed by atoms with Crippen molar-refractivity contribution < 1.29 is 18.3 Å². The van der Waals surface area contributed by atoms with Gasteiger partial charge < -0.3 is 19.4 Å². The van der Waals surface area contributed by atoms with Crippen LogP contribution >= 0.6 is 11.6 Å². The van der Waals surface area contributed by atoms with E-state index in [1.807, 2.05) is 24.1 Å². The van der Waals surface area contributed by atoms with Gasteiger partial charge in [0.25, 0.3) is 5.91 Å². The van der Waals surface area contributed by atoms with Gasteiger partial charge in [-0.25, -0.2) is 8.78 Å². The zero-order valence-corrected chi connectivity index (χ0v) is 23.2. The molecule has 0 unspecified atom stereocenters. The quantitative estimate of drug-likeness (QED) is 0.305. The molecular formula is C29H28ClF2N7O2. The SMILES string of the molecule is C=C(F)C(=O)N1CCN(c2nc(OC[C@@H]3CCCN3C)nc3c(F)c(-c4cncc5cccc(Cl)c45)ncc23)CC1. The fourth-order valence-corrected chi connectivity index (χ4v) is 5.82. The van der Waals surface area contributed by atoms with Crippen LogP contribution < -0.4 is 9.64 Å². The van der Waals surface area contributed by atoms with Crippen LogP contribution in [0.2, 0.25) is 5.02 Å². The van der Waals surface area contributed by atoms with Crippen LogP contribution in [0.5, 0.6) is 6.01 Å². The molecule has 0 N–H and O–H groups in total. The molecule has 0 bridgehead atoms. The first kappa shape index (κ1) is 27.2. The first-order valence-electron chi connectivity index (χ1n) is 13.4. The highest BCUT2D eigenvalue weighted by molar-refractivity contribution is 6.36. The van der Waals surface area contributed by atoms with E-state index in [2.05, 4.69) is 31.4 Å². The second-order valence-corrected chi connectivity index (χ2v) is 10.7. The number of fused-ring (bicyclic) bond motifs is 2. The molecule has 2 aliphatic rings. The highest BCUT2D eigenvalue weighted by atomic mass is 35.5. The van der Waals surface area contributed by atoms with Gasteiger partial charge in [0, 0.05) is 72.2 Å². The fraction of sp³-hybridized carbons (Fsp3) is 0.345. The van der Waals surface area contributed by atoms with E-state index in [1.54, 1.807) is 12.3 Å². The maximum absolute atomic E-state index is 16.4. The van der Waals surface area contributed by atoms with Crippen molar-refractivity contribution in [1.29, 1.82) is 0 Å². The average Bonchev–Trinajstić information content (AvgIpc) is 3.40. The normalized spacial score (nSPS) is 17.9. The lowest BCUT2D eigenvalue weighted by Gasteiger charge is -2.35. The molecule has 1 amide bonds. The van der Waals surface area contributed by atoms with Crippen LogP contribution in [0.1, 0.15) is 12.8 Å². The van der Waals surface area contributed by atoms with Gasteiger partial charge in [-0.3, -0.25) is 14.8 Å². The third-order valence-corrected chi connectivity index (χ3v) is 8.12. The molecule has 2 aliphatic heterocycles. The number of hydrogen-bond donors (Lipinski definition) is 0. The van der Waals surface area contributed by atoms with Crippen molar-refractivity contribution in [3.63, 3.8) is 0 Å². The number of piperazine rings is 1. The Hall–Kier alpha value is -3.96. The molecule has 12 heteroatoms. The van der Waals surface area contributed by atoms with E-state index in [9.17, 15) is 9.18 Å². The fourth-order valence-electron chi connectivity index (χ4n) is 5.54. The number of nitrogens with zero attached hydrogens (tertiary/aromatic N) is 7. The maximum Gasteiger partial charge on any atom is 0.319 e. The van der Waals surface area contributed by atoms with E-state index in [4.69, 9.17) is 16.3 Å². The summed E-state index contributed by atoms with van der Waals surface area (Å²) in [7, 11) is 2.04. The Balaban J connectivity index is 1.42. The zero-order valence-electron chi connectivity index (χ0n) is 22.5. The summed E-state index contributed by atoms with van der Waals surface area (Å²) >= 11 is 6.51. The molecule has 41 heavy (non-hydrogen) atoms. The monoisotopic (exact) mass is 579 g/mol. The second-order valence-electron chi connectivity index (χ2n) is 10.3. The van der Waals surface area contributed by atoms with Gasteiger partial charge in [-0.2, -0.15) is 9.97 Å². The van der Waals surface area contributed by atoms with Crippen molar-refractivity contribution in [2.75, 3.05) is 51.3 Å². The van der Waals surface area contributed by atoms with Crippen molar-refractivity contribution in [3.05, 3.63) is 60.0 Å². The van der Waals surface area contributed by atoms with Gasteiger partial charge in [0.15, 0.2) is 11.6 Å². The lowest BCUT2D eigenvalue weighted by molar-refractivity contribution is -0.128. The minimum Gasteiger partial charge on any atom is -0.462 e. The number of benzene rings is 1. The number of likely N-dealkylation sites (tertiary alicyclic amines) is 1. The van der Waals surface area contributed by atoms with Crippen LogP contribution in [0.25, 0.3) is 32.9 Å². The highest BCUT2D eigenvalue weighted by Crippen LogP contribution is 2.37. The summed E-state index contributed by atoms with van der Waals surface area (Å²) in [6.07, 6.45) is 6.81. The Morgan fingerprint density at radius 2 is 1.95 bits per heavy atom. The zero-order chi connectivity index (χ0) is 28.7. The summed E-state index contributed by atoms with van der Waals surface area (Å²) in [5, 5.41) is 2.25. The third kappa shape index (κ3) is 5.15. The summed E-state index contributed by atoms with van der Waals surface area (Å²) in [6.45, 7) is 5.67. The number of pyridine rings is 2. The molecular weight excluding hydrogens is 552 g/mol. The average molecular weight is 580 g/mol. The lowest BCUT2D eigenvalue weighted by Crippen LogP contribution is -2.49. The molecule has 5 heterocycles. The van der Waals surface area contributed by atoms with Crippen LogP contribution in [0.4, 0.5) is 14.6 Å². The first-order valence-corrected chi connectivity index (χ1v) is 13.8. The minimum absolute atomic E-state index is 0.0496. The van der Waals surface area contributed by atoms with Gasteiger partial charge in [0.1, 0.15) is 23.6 Å². The van der Waals surface area contributed by atoms with Gasteiger partial charge in [0.05, 0.1) is 5.39 Å². The third-order valence-electron chi connectivity index (χ3n) is 7.81. The molecule has 0 aliphatic carbocycles. The standard InChI is InChI=1S/C29H28ClF2N7O2/c1-17(31)28(40)39-11-9-38(10-12-39)27-21-15-34-25(20-14-33-13-18-5-3-7-22(30)23(18)20)24(32)26(21)35-29(36-27)41-16-19-6-4-8-37(19)2/h3,5,7,13-15,19H,1,4,6,8-12,16H2,2H3/t19-/m0/s1. The number of ether oxygens (including phenoxy) is 1. The molecule has 0 saturated carbocycles. The number of carbonyl (C=O) groups excluding carboxylic acids is 1. The van der Waals surface area contributed by atoms with Gasteiger partial charge in [0.2, 0.25) is 0 Å². The van der Waals surface area contributed by atoms with Gasteiger partial charge in [-0.15, -0.1) is 0 Å². The Morgan fingerprint density at radius 1 is 1.15 bits per heavy atom. The molecule has 212 valence electrons. The topological polar surface area (TPSA) is 87.6 Å². The van der Waals surface area contributed by atoms with E-state index in [0.717, 1.165) is 24.8 Å². The lowest BCUT2D eigenvalue weighted by atomic mass is 10.0. The Bertz CT molecular complexity index is 1660. The molecule has 2 fully saturated rings. The number of anilines is 1. The highest BCUT2D eigenvalue weighted by Gasteiger charge is 2.28. The number of rotatable bonds is 6. The molecule has 2 saturated heterocycles. The van der Waals surface area contributed by atoms with Crippen molar-refractivity contribution in [2.24, 2.45) is 0 Å². The van der Waals surface area contributed by atoms with Crippen molar-refractivity contribution in [2.45, 2.75) is 18.9 Å². The Labute approximate surface area is 240 Å². The summed E-state index contributed by atoms with van der Waals surface area (Å²) in [5.41, 5.74) is 0.558. The molecule has 3 aromatic heterocycles. The number of carbonyl (C=O) groups is 1. The number of aromatic nitrogens is 4. The van der Waals surface area contributed by atoms with Crippen LogP contribution in [0.3, 0.4) is 0 Å². The maximum atomic E-state index is 16.4. The van der Waals surface area contributed by atoms with E-state index in [0.29, 0.717) is 46.9 Å². The number of halogens is 3. The van der Waals surface area contributed by atoms with E-state index >= 15 is 4.39 Å². The van der Waals surface area contributed by atoms with E-state index in [-0.39, 0.29) is 36.4 Å². The second kappa shape index (κ2) is 11.1. The number of likely N-dealkylation sites (N-methyl/N-ethyl adjacent to an activating group) is 1. The Morgan fingerprint density at radius 3 is 2.68 bits per heavy atom. The largest absolute Gasteiger partial charge is 0.462 e. The molecule has 1 atom stereocenters. The molecule has 6 rings (SSSR count). The number of hydrogen-bond acceptors (Lipinski definition) is 8. The first-order chi connectivity index (χ1) is 19.8. The summed E-state index contributed by atoms with van der Waals surface area (Å²) in [6, 6.07) is 5.66. The van der Waals surface area contributed by atoms with E-state index in [1.165, 1.54) is 17.3 Å². The van der Waals surface area contributed by atoms with Crippen LogP contribution in [-0.2, 0) is 4.79 Å². The van der Waals surface area contributed by atoms with Crippen LogP contribution in [0.15, 0.2) is 49.2 Å². The van der Waals surface area contributed by atoms with Crippen LogP contribution in [-0.4, -0.2) is 88.1 Å². The van der Waals surface area contributed by atoms with Gasteiger partial charge in [-0.1, -0.05) is 30.3 Å². The molecule has 9 nitrogen and oxygen atoms in total. The van der Waals surface area contributed by atoms with Crippen molar-refractivity contribution in [1.82, 2.24) is 29.7 Å². The van der Waals surface area contributed by atoms with Crippen molar-refractivity contribution in [3.8, 4) is 17.3 Å². The minimum atomic E-state index is -1.000. The molecule has 1 aromatic carbocycles. The van der Waals surface area contributed by atoms with Crippen LogP contribution in [0, 0.1) is 5.82 Å². The molecule has 4 aromatic rings. The smallest absolute Gasteiger partial charge is 0.319 e. The van der Waals surface area contributed by atoms with Crippen molar-refractivity contribution >= 4 is 45.0 Å². The predicted octanol–water partition coefficient (Wildman–Crippen LogP) is 4.64. The molecule has 0 radical (unpaired) electrons. The summed E-state index contributed by atoms with van der Waals surface area (Å²) < 4.78 is 35.9. The predicted molar refractivity (Wildman–Crippen MR) is 153 cm³/mol. The number of amides is 1. The molecule has 0 spiro atoms. The van der Waals surface area contributed by atoms with Gasteiger partial charge in [-0.05, 0) is 32.5 Å². The summed E-state index contributed by atoms with van der Waals surface area (Å²) in [4.78, 5) is 35.5. The summed E-state index contributed by atoms with van der Waals surface area (Å²) in [5.74, 6) is -1.95. The van der Waals surface area contributed by atoms with E-state index < -0.39 is 17.6 Å². The van der Waals surface area contributed by atoms with Gasteiger partial charge >= 0.3 is 6.01 Å². The Kier molecular flexibility index (Phi) is 7.39.